The van der Waals surface area contributed by atoms with Crippen molar-refractivity contribution in [2.75, 3.05) is 13.7 Å². The highest BCUT2D eigenvalue weighted by atomic mass is 16.5. The second-order valence-corrected chi connectivity index (χ2v) is 7.89. The van der Waals surface area contributed by atoms with E-state index in [2.05, 4.69) is 6.92 Å². The molecule has 0 saturated heterocycles. The molecule has 0 aliphatic carbocycles. The minimum Gasteiger partial charge on any atom is -0.507 e. The van der Waals surface area contributed by atoms with Crippen LogP contribution in [-0.2, 0) is 11.2 Å². The fourth-order valence-corrected chi connectivity index (χ4v) is 3.74. The highest BCUT2D eigenvalue weighted by molar-refractivity contribution is 5.94. The number of carbonyl (C=O) groups excluding carboxylic acids is 1. The summed E-state index contributed by atoms with van der Waals surface area (Å²) in [7, 11) is 1.56. The Labute approximate surface area is 178 Å². The van der Waals surface area contributed by atoms with E-state index in [0.29, 0.717) is 12.4 Å². The lowest BCUT2D eigenvalue weighted by Crippen LogP contribution is -2.09. The zero-order valence-corrected chi connectivity index (χ0v) is 18.9. The molecule has 1 rings (SSSR count). The van der Waals surface area contributed by atoms with Crippen LogP contribution in [0.2, 0.25) is 0 Å². The third-order valence-electron chi connectivity index (χ3n) is 5.44. The Hall–Kier alpha value is -1.71. The highest BCUT2D eigenvalue weighted by Crippen LogP contribution is 2.30. The molecule has 0 aliphatic rings. The molecule has 29 heavy (non-hydrogen) atoms. The second kappa shape index (κ2) is 16.1. The monoisotopic (exact) mass is 406 g/mol. The number of aryl methyl sites for hydroxylation is 1. The smallest absolute Gasteiger partial charge is 0.342 e. The molecular weight excluding hydrogens is 364 g/mol. The molecule has 1 N–H and O–H groups in total. The molecule has 0 atom stereocenters. The van der Waals surface area contributed by atoms with Gasteiger partial charge in [0, 0.05) is 6.07 Å². The van der Waals surface area contributed by atoms with Crippen LogP contribution in [-0.4, -0.2) is 24.8 Å². The molecule has 0 radical (unpaired) electrons. The number of esters is 1. The molecule has 0 saturated carbocycles. The number of ether oxygens (including phenoxy) is 2. The number of benzene rings is 1. The van der Waals surface area contributed by atoms with Gasteiger partial charge in [-0.25, -0.2) is 4.79 Å². The molecule has 0 bridgehead atoms. The Bertz CT molecular complexity index is 568. The number of phenols is 1. The predicted octanol–water partition coefficient (Wildman–Crippen LogP) is 7.21. The summed E-state index contributed by atoms with van der Waals surface area (Å²) in [5, 5.41) is 10.2. The molecule has 0 heterocycles. The summed E-state index contributed by atoms with van der Waals surface area (Å²) in [6, 6.07) is 3.31. The van der Waals surface area contributed by atoms with E-state index in [4.69, 9.17) is 9.47 Å². The van der Waals surface area contributed by atoms with Crippen LogP contribution in [0.25, 0.3) is 0 Å². The van der Waals surface area contributed by atoms with Gasteiger partial charge in [-0.1, -0.05) is 84.0 Å². The summed E-state index contributed by atoms with van der Waals surface area (Å²) < 4.78 is 10.3. The van der Waals surface area contributed by atoms with Gasteiger partial charge in [0.25, 0.3) is 0 Å². The summed E-state index contributed by atoms with van der Waals surface area (Å²) in [6.45, 7) is 4.33. The van der Waals surface area contributed by atoms with Crippen LogP contribution in [0.1, 0.15) is 113 Å². The maximum atomic E-state index is 12.2. The molecule has 0 amide bonds. The van der Waals surface area contributed by atoms with Crippen molar-refractivity contribution in [2.45, 2.75) is 104 Å². The standard InChI is InChI=1S/C25H42O4/c1-4-6-7-8-9-10-11-12-13-14-15-16-17-18-21-19-22(28-3)20-23(26)24(21)25(27)29-5-2/h19-20,26H,4-18H2,1-3H3. The van der Waals surface area contributed by atoms with Gasteiger partial charge in [0.05, 0.1) is 13.7 Å². The van der Waals surface area contributed by atoms with Gasteiger partial charge in [-0.3, -0.25) is 0 Å². The van der Waals surface area contributed by atoms with Crippen molar-refractivity contribution in [3.8, 4) is 11.5 Å². The molecule has 1 aromatic rings. The Morgan fingerprint density at radius 2 is 1.34 bits per heavy atom. The molecule has 0 aliphatic heterocycles. The van der Waals surface area contributed by atoms with Crippen molar-refractivity contribution >= 4 is 5.97 Å². The molecule has 0 spiro atoms. The van der Waals surface area contributed by atoms with Gasteiger partial charge >= 0.3 is 5.97 Å². The quantitative estimate of drug-likeness (QED) is 0.219. The van der Waals surface area contributed by atoms with Gasteiger partial charge in [0.2, 0.25) is 0 Å². The van der Waals surface area contributed by atoms with Crippen molar-refractivity contribution in [3.63, 3.8) is 0 Å². The summed E-state index contributed by atoms with van der Waals surface area (Å²) in [5.41, 5.74) is 1.09. The van der Waals surface area contributed by atoms with E-state index in [9.17, 15) is 9.90 Å². The van der Waals surface area contributed by atoms with Crippen LogP contribution in [0.3, 0.4) is 0 Å². The molecule has 0 aromatic heterocycles. The normalized spacial score (nSPS) is 10.9. The van der Waals surface area contributed by atoms with Crippen molar-refractivity contribution in [1.82, 2.24) is 0 Å². The van der Waals surface area contributed by atoms with Crippen molar-refractivity contribution in [2.24, 2.45) is 0 Å². The number of carbonyl (C=O) groups is 1. The lowest BCUT2D eigenvalue weighted by Gasteiger charge is -2.13. The average molecular weight is 407 g/mol. The first-order chi connectivity index (χ1) is 14.1. The topological polar surface area (TPSA) is 55.8 Å². The van der Waals surface area contributed by atoms with Crippen LogP contribution in [0.15, 0.2) is 12.1 Å². The van der Waals surface area contributed by atoms with Crippen LogP contribution in [0, 0.1) is 0 Å². The summed E-state index contributed by atoms with van der Waals surface area (Å²) in [6.07, 6.45) is 17.7. The van der Waals surface area contributed by atoms with E-state index in [1.807, 2.05) is 6.07 Å². The third kappa shape index (κ3) is 10.6. The lowest BCUT2D eigenvalue weighted by atomic mass is 9.98. The fourth-order valence-electron chi connectivity index (χ4n) is 3.74. The number of hydrogen-bond acceptors (Lipinski definition) is 4. The van der Waals surface area contributed by atoms with Gasteiger partial charge < -0.3 is 14.6 Å². The van der Waals surface area contributed by atoms with Gasteiger partial charge in [-0.15, -0.1) is 0 Å². The van der Waals surface area contributed by atoms with Gasteiger partial charge in [-0.05, 0) is 31.4 Å². The fraction of sp³-hybridized carbons (Fsp3) is 0.720. The summed E-state index contributed by atoms with van der Waals surface area (Å²) in [5.74, 6) is 0.0464. The Kier molecular flexibility index (Phi) is 14.1. The van der Waals surface area contributed by atoms with E-state index in [1.165, 1.54) is 76.7 Å². The Morgan fingerprint density at radius 3 is 1.83 bits per heavy atom. The van der Waals surface area contributed by atoms with Crippen molar-refractivity contribution in [1.29, 1.82) is 0 Å². The minimum atomic E-state index is -0.461. The van der Waals surface area contributed by atoms with Crippen molar-refractivity contribution in [3.05, 3.63) is 23.3 Å². The molecule has 1 aromatic carbocycles. The number of methoxy groups -OCH3 is 1. The number of phenolic OH excluding ortho intramolecular Hbond substituents is 1. The molecule has 166 valence electrons. The van der Waals surface area contributed by atoms with Crippen LogP contribution < -0.4 is 4.74 Å². The number of hydrogen-bond donors (Lipinski definition) is 1. The summed E-state index contributed by atoms with van der Waals surface area (Å²) in [4.78, 5) is 12.2. The first-order valence-corrected chi connectivity index (χ1v) is 11.7. The van der Waals surface area contributed by atoms with E-state index in [0.717, 1.165) is 24.8 Å². The predicted molar refractivity (Wildman–Crippen MR) is 120 cm³/mol. The van der Waals surface area contributed by atoms with Crippen LogP contribution in [0.5, 0.6) is 11.5 Å². The maximum absolute atomic E-state index is 12.2. The zero-order chi connectivity index (χ0) is 21.3. The molecular formula is C25H42O4. The van der Waals surface area contributed by atoms with Gasteiger partial charge in [0.15, 0.2) is 0 Å². The minimum absolute atomic E-state index is 0.0625. The van der Waals surface area contributed by atoms with Crippen molar-refractivity contribution < 1.29 is 19.4 Å². The van der Waals surface area contributed by atoms with E-state index >= 15 is 0 Å². The Morgan fingerprint density at radius 1 is 0.828 bits per heavy atom. The maximum Gasteiger partial charge on any atom is 0.342 e. The number of unbranched alkanes of at least 4 members (excludes halogenated alkanes) is 12. The Balaban J connectivity index is 2.25. The van der Waals surface area contributed by atoms with E-state index in [1.54, 1.807) is 14.0 Å². The first-order valence-electron chi connectivity index (χ1n) is 11.7. The number of aromatic hydroxyl groups is 1. The lowest BCUT2D eigenvalue weighted by molar-refractivity contribution is 0.0521. The second-order valence-electron chi connectivity index (χ2n) is 7.89. The zero-order valence-electron chi connectivity index (χ0n) is 18.9. The third-order valence-corrected chi connectivity index (χ3v) is 5.44. The highest BCUT2D eigenvalue weighted by Gasteiger charge is 2.19. The van der Waals surface area contributed by atoms with Gasteiger partial charge in [-0.2, -0.15) is 0 Å². The molecule has 4 nitrogen and oxygen atoms in total. The van der Waals surface area contributed by atoms with E-state index < -0.39 is 5.97 Å². The molecule has 0 unspecified atom stereocenters. The van der Waals surface area contributed by atoms with Crippen LogP contribution >= 0.6 is 0 Å². The van der Waals surface area contributed by atoms with E-state index in [-0.39, 0.29) is 11.3 Å². The largest absolute Gasteiger partial charge is 0.507 e. The first kappa shape index (κ1) is 25.3. The summed E-state index contributed by atoms with van der Waals surface area (Å²) >= 11 is 0. The van der Waals surface area contributed by atoms with Gasteiger partial charge in [0.1, 0.15) is 17.1 Å². The molecule has 0 fully saturated rings. The molecule has 4 heteroatoms. The SMILES string of the molecule is CCCCCCCCCCCCCCCc1cc(OC)cc(O)c1C(=O)OCC. The van der Waals surface area contributed by atoms with Crippen LogP contribution in [0.4, 0.5) is 0 Å². The average Bonchev–Trinajstić information content (AvgIpc) is 2.71. The number of rotatable bonds is 17.